The van der Waals surface area contributed by atoms with E-state index < -0.39 is 101 Å². The average molecular weight is 621 g/mol. The van der Waals surface area contributed by atoms with Gasteiger partial charge in [0.15, 0.2) is 12.5 Å². The largest absolute Gasteiger partial charge is 1.00 e. The smallest absolute Gasteiger partial charge is 0.756 e. The number of hydrogen-bond acceptors (Lipinski definition) is 16. The summed E-state index contributed by atoms with van der Waals surface area (Å²) in [6.07, 6.45) is -14.0. The fraction of sp³-hybridized carbons (Fsp3) is 0.706. The Morgan fingerprint density at radius 1 is 1.07 bits per heavy atom. The quantitative estimate of drug-likeness (QED) is 0.104. The van der Waals surface area contributed by atoms with Gasteiger partial charge in [-0.3, -0.25) is 32.8 Å². The van der Waals surface area contributed by atoms with Crippen LogP contribution in [-0.4, -0.2) is 98.1 Å². The molecule has 2 aliphatic heterocycles. The predicted molar refractivity (Wildman–Crippen MR) is 115 cm³/mol. The molecule has 2 saturated heterocycles. The first-order chi connectivity index (χ1) is 18.0. The number of alkyl halides is 1. The number of nitrogens with zero attached hydrogens (tertiary/aromatic N) is 1. The van der Waals surface area contributed by atoms with Crippen LogP contribution in [0.25, 0.3) is 0 Å². The topological polar surface area (TPSA) is 291 Å². The van der Waals surface area contributed by atoms with Gasteiger partial charge in [-0.1, -0.05) is 0 Å². The van der Waals surface area contributed by atoms with Gasteiger partial charge >= 0.3 is 43.4 Å². The number of aromatic nitrogens is 2. The molecule has 11 unspecified atom stereocenters. The molecule has 0 bridgehead atoms. The molecular weight excluding hydrogens is 597 g/mol. The molecule has 6 N–H and O–H groups in total. The zero-order valence-corrected chi connectivity index (χ0v) is 23.5. The van der Waals surface area contributed by atoms with Crippen LogP contribution in [-0.2, 0) is 36.8 Å². The van der Waals surface area contributed by atoms with Crippen LogP contribution in [0.5, 0.6) is 0 Å². The molecule has 11 atom stereocenters. The molecule has 0 saturated carbocycles. The van der Waals surface area contributed by atoms with E-state index in [2.05, 4.69) is 13.4 Å². The van der Waals surface area contributed by atoms with Crippen LogP contribution in [0.2, 0.25) is 0 Å². The summed E-state index contributed by atoms with van der Waals surface area (Å²) in [5.41, 5.74) is -1.80. The Bertz CT molecular complexity index is 1260. The molecular formula is C17H24FLi2N3O16P2. The Morgan fingerprint density at radius 2 is 1.68 bits per heavy atom. The van der Waals surface area contributed by atoms with Crippen molar-refractivity contribution in [2.75, 3.05) is 13.3 Å². The first-order valence-electron chi connectivity index (χ1n) is 10.9. The molecule has 3 rings (SSSR count). The Kier molecular flexibility index (Phi) is 14.3. The first-order valence-corrected chi connectivity index (χ1v) is 13.8. The van der Waals surface area contributed by atoms with Crippen molar-refractivity contribution in [3.05, 3.63) is 33.1 Å². The average Bonchev–Trinajstić information content (AvgIpc) is 3.10. The Morgan fingerprint density at radius 3 is 2.24 bits per heavy atom. The van der Waals surface area contributed by atoms with E-state index in [9.17, 15) is 58.1 Å². The zero-order valence-electron chi connectivity index (χ0n) is 21.7. The van der Waals surface area contributed by atoms with E-state index in [4.69, 9.17) is 9.47 Å². The molecule has 3 heterocycles. The van der Waals surface area contributed by atoms with Gasteiger partial charge in [-0.25, -0.2) is 13.5 Å². The number of H-pyrrole nitrogens is 1. The van der Waals surface area contributed by atoms with Crippen molar-refractivity contribution in [3.63, 3.8) is 0 Å². The van der Waals surface area contributed by atoms with Gasteiger partial charge in [-0.05, 0) is 0 Å². The number of phosphoric ester groups is 2. The van der Waals surface area contributed by atoms with Gasteiger partial charge in [0.1, 0.15) is 49.3 Å². The first kappa shape index (κ1) is 38.3. The Labute approximate surface area is 253 Å². The van der Waals surface area contributed by atoms with Crippen molar-refractivity contribution in [1.82, 2.24) is 14.9 Å². The summed E-state index contributed by atoms with van der Waals surface area (Å²) < 4.78 is 61.1. The van der Waals surface area contributed by atoms with Crippen molar-refractivity contribution < 1.29 is 109 Å². The number of nitrogens with one attached hydrogen (secondary N) is 2. The van der Waals surface area contributed by atoms with Crippen LogP contribution >= 0.6 is 15.6 Å². The number of carbonyl (C=O) groups is 1. The van der Waals surface area contributed by atoms with Crippen molar-refractivity contribution in [3.8, 4) is 0 Å². The molecule has 24 heteroatoms. The van der Waals surface area contributed by atoms with Gasteiger partial charge in [-0.2, -0.15) is 0 Å². The van der Waals surface area contributed by atoms with E-state index in [0.717, 1.165) is 19.2 Å². The van der Waals surface area contributed by atoms with Crippen LogP contribution in [0.3, 0.4) is 0 Å². The standard InChI is InChI=1S/C17H26FN3O16P2.2Li/c1-6(22)19-10-13(26)11(24)7(4-18)35-16(10)36-39(31,32)37-38(29,30)33-5-8-12(25)14(27)15(34-8)21-3-2-9(23)20-17(21)28;;/h2-3,7-8,10-16,24-27H,4-5H2,1H3,(H,19,22)(H,29,30)(H,31,32)(H,20,23,28);;/q;2*+1/p-2. The number of halogens is 1. The molecule has 0 aliphatic carbocycles. The van der Waals surface area contributed by atoms with E-state index in [1.54, 1.807) is 0 Å². The molecule has 41 heavy (non-hydrogen) atoms. The summed E-state index contributed by atoms with van der Waals surface area (Å²) in [5, 5.41) is 42.3. The second-order valence-corrected chi connectivity index (χ2v) is 11.3. The SMILES string of the molecule is CC(=O)NC1C(OP(=O)([O-])OP(=O)([O-])OCC2OC(n3ccc(=O)[nH]c3=O)C(O)C2O)OC(CF)C(O)C1O.[Li+].[Li+]. The van der Waals surface area contributed by atoms with E-state index in [1.165, 1.54) is 0 Å². The third kappa shape index (κ3) is 9.64. The van der Waals surface area contributed by atoms with E-state index in [-0.39, 0.29) is 37.7 Å². The van der Waals surface area contributed by atoms with Crippen LogP contribution in [0.15, 0.2) is 21.9 Å². The molecule has 2 aliphatic rings. The van der Waals surface area contributed by atoms with Gasteiger partial charge in [0, 0.05) is 19.2 Å². The van der Waals surface area contributed by atoms with Crippen molar-refractivity contribution in [2.24, 2.45) is 0 Å². The monoisotopic (exact) mass is 621 g/mol. The number of phosphoric acid groups is 2. The summed E-state index contributed by atoms with van der Waals surface area (Å²) in [6, 6.07) is -0.906. The second-order valence-electron chi connectivity index (χ2n) is 8.35. The summed E-state index contributed by atoms with van der Waals surface area (Å²) >= 11 is 0. The van der Waals surface area contributed by atoms with Crippen LogP contribution in [0, 0.1) is 0 Å². The van der Waals surface area contributed by atoms with E-state index in [1.807, 2.05) is 10.3 Å². The maximum Gasteiger partial charge on any atom is 1.00 e. The number of hydrogen-bond donors (Lipinski definition) is 6. The third-order valence-electron chi connectivity index (χ3n) is 5.52. The van der Waals surface area contributed by atoms with Gasteiger partial charge in [-0.15, -0.1) is 0 Å². The molecule has 1 aromatic rings. The minimum Gasteiger partial charge on any atom is -0.756 e. The van der Waals surface area contributed by atoms with Gasteiger partial charge < -0.3 is 49.5 Å². The van der Waals surface area contributed by atoms with Crippen molar-refractivity contribution >= 4 is 21.6 Å². The van der Waals surface area contributed by atoms with E-state index >= 15 is 0 Å². The second kappa shape index (κ2) is 15.3. The summed E-state index contributed by atoms with van der Waals surface area (Å²) in [6.45, 7) is -1.63. The minimum atomic E-state index is -5.98. The molecule has 0 spiro atoms. The van der Waals surface area contributed by atoms with Gasteiger partial charge in [0.2, 0.25) is 5.91 Å². The zero-order chi connectivity index (χ0) is 29.3. The number of aromatic amines is 1. The van der Waals surface area contributed by atoms with Crippen LogP contribution in [0.1, 0.15) is 13.2 Å². The molecule has 1 amide bonds. The van der Waals surface area contributed by atoms with Crippen LogP contribution < -0.4 is 64.1 Å². The predicted octanol–water partition coefficient (Wildman–Crippen LogP) is -10.9. The molecule has 0 aromatic carbocycles. The van der Waals surface area contributed by atoms with Crippen molar-refractivity contribution in [2.45, 2.75) is 62.1 Å². The normalized spacial score (nSPS) is 34.4. The number of rotatable bonds is 10. The summed E-state index contributed by atoms with van der Waals surface area (Å²) in [7, 11) is -11.8. The van der Waals surface area contributed by atoms with Gasteiger partial charge in [0.25, 0.3) is 21.2 Å². The molecule has 0 radical (unpaired) electrons. The number of amides is 1. The number of ether oxygens (including phenoxy) is 2. The Hall–Kier alpha value is -0.705. The molecule has 2 fully saturated rings. The third-order valence-corrected chi connectivity index (χ3v) is 8.05. The van der Waals surface area contributed by atoms with Crippen LogP contribution in [0.4, 0.5) is 4.39 Å². The van der Waals surface area contributed by atoms with Gasteiger partial charge in [0.05, 0.1) is 6.61 Å². The molecule has 222 valence electrons. The van der Waals surface area contributed by atoms with E-state index in [0.29, 0.717) is 4.57 Å². The maximum atomic E-state index is 13.1. The number of aliphatic hydroxyl groups excluding tert-OH is 4. The van der Waals surface area contributed by atoms with Crippen molar-refractivity contribution in [1.29, 1.82) is 0 Å². The fourth-order valence-corrected chi connectivity index (χ4v) is 5.81. The summed E-state index contributed by atoms with van der Waals surface area (Å²) in [4.78, 5) is 60.8. The summed E-state index contributed by atoms with van der Waals surface area (Å²) in [5.74, 6) is -0.860. The Balaban J connectivity index is 0.00000420. The molecule has 1 aromatic heterocycles. The fourth-order valence-electron chi connectivity index (χ4n) is 3.72. The number of aliphatic hydroxyl groups is 4. The minimum absolute atomic E-state index is 0. The molecule has 19 nitrogen and oxygen atoms in total. The number of carbonyl (C=O) groups excluding carboxylic acids is 1. The maximum absolute atomic E-state index is 13.1.